The summed E-state index contributed by atoms with van der Waals surface area (Å²) < 4.78 is 33.6. The maximum Gasteiger partial charge on any atom is 0.330 e. The Bertz CT molecular complexity index is 1880. The number of para-hydroxylation sites is 1. The van der Waals surface area contributed by atoms with Gasteiger partial charge in [-0.1, -0.05) is 66.7 Å². The van der Waals surface area contributed by atoms with E-state index in [1.165, 1.54) is 17.5 Å². The van der Waals surface area contributed by atoms with Gasteiger partial charge in [-0.05, 0) is 46.9 Å². The highest BCUT2D eigenvalue weighted by atomic mass is 32.2. The van der Waals surface area contributed by atoms with Gasteiger partial charge in [-0.3, -0.25) is 9.59 Å². The van der Waals surface area contributed by atoms with Crippen molar-refractivity contribution in [3.8, 4) is 16.9 Å². The van der Waals surface area contributed by atoms with E-state index < -0.39 is 27.9 Å². The molecule has 0 bridgehead atoms. The molecule has 0 fully saturated rings. The molecule has 9 nitrogen and oxygen atoms in total. The molecule has 0 spiro atoms. The summed E-state index contributed by atoms with van der Waals surface area (Å²) >= 11 is 0. The Morgan fingerprint density at radius 3 is 2.38 bits per heavy atom. The van der Waals surface area contributed by atoms with Crippen molar-refractivity contribution in [2.45, 2.75) is 23.9 Å². The zero-order valence-electron chi connectivity index (χ0n) is 22.5. The lowest BCUT2D eigenvalue weighted by molar-refractivity contribution is -0.139. The van der Waals surface area contributed by atoms with Gasteiger partial charge in [-0.2, -0.15) is 4.31 Å². The van der Waals surface area contributed by atoms with Gasteiger partial charge in [0.2, 0.25) is 10.0 Å². The van der Waals surface area contributed by atoms with Crippen LogP contribution in [-0.2, 0) is 27.8 Å². The van der Waals surface area contributed by atoms with Gasteiger partial charge in [0.1, 0.15) is 10.6 Å². The molecule has 1 heterocycles. The van der Waals surface area contributed by atoms with Crippen molar-refractivity contribution >= 4 is 27.7 Å². The molecule has 2 aliphatic rings. The highest BCUT2D eigenvalue weighted by Gasteiger charge is 2.34. The van der Waals surface area contributed by atoms with Crippen molar-refractivity contribution in [2.24, 2.45) is 0 Å². The van der Waals surface area contributed by atoms with Gasteiger partial charge in [0.25, 0.3) is 5.91 Å². The van der Waals surface area contributed by atoms with Crippen LogP contribution in [0.5, 0.6) is 5.75 Å². The number of rotatable bonds is 7. The van der Waals surface area contributed by atoms with E-state index in [0.29, 0.717) is 39.8 Å². The second-order valence-corrected chi connectivity index (χ2v) is 12.0. The fraction of sp³-hybridized carbons (Fsp3) is 0.156. The van der Waals surface area contributed by atoms with E-state index in [4.69, 9.17) is 4.74 Å². The summed E-state index contributed by atoms with van der Waals surface area (Å²) in [5.74, 6) is -1.86. The number of methoxy groups -OCH3 is 1. The molecule has 1 atom stereocenters. The first-order valence-corrected chi connectivity index (χ1v) is 14.7. The Kier molecular flexibility index (Phi) is 6.88. The summed E-state index contributed by atoms with van der Waals surface area (Å²) in [7, 11) is -2.48. The molecule has 212 valence electrons. The number of hydrogen-bond donors (Lipinski definition) is 2. The SMILES string of the molecule is COc1ccccc1S(=O)(=O)N1CCc2ccc(C(NC(=O)c3cccc4c3-c3ccccc3C4=O)C(=O)O)cc2C1. The Labute approximate surface area is 242 Å². The Morgan fingerprint density at radius 1 is 0.905 bits per heavy atom. The maximum atomic E-state index is 13.5. The zero-order valence-corrected chi connectivity index (χ0v) is 23.4. The minimum atomic E-state index is -3.89. The van der Waals surface area contributed by atoms with Gasteiger partial charge in [0.15, 0.2) is 11.8 Å². The van der Waals surface area contributed by atoms with Crippen LogP contribution in [0.1, 0.15) is 49.0 Å². The van der Waals surface area contributed by atoms with Crippen LogP contribution >= 0.6 is 0 Å². The molecule has 1 unspecified atom stereocenters. The lowest BCUT2D eigenvalue weighted by Gasteiger charge is -2.29. The first kappa shape index (κ1) is 27.4. The number of sulfonamides is 1. The van der Waals surface area contributed by atoms with Crippen molar-refractivity contribution in [2.75, 3.05) is 13.7 Å². The van der Waals surface area contributed by atoms with E-state index in [2.05, 4.69) is 5.32 Å². The molecule has 1 aliphatic heterocycles. The number of hydrogen-bond acceptors (Lipinski definition) is 6. The lowest BCUT2D eigenvalue weighted by atomic mass is 9.95. The fourth-order valence-electron chi connectivity index (χ4n) is 5.67. The minimum Gasteiger partial charge on any atom is -0.495 e. The Balaban J connectivity index is 1.30. The third-order valence-corrected chi connectivity index (χ3v) is 9.63. The Morgan fingerprint density at radius 2 is 1.62 bits per heavy atom. The van der Waals surface area contributed by atoms with Gasteiger partial charge in [-0.15, -0.1) is 0 Å². The predicted octanol–water partition coefficient (Wildman–Crippen LogP) is 4.21. The van der Waals surface area contributed by atoms with Gasteiger partial charge in [0.05, 0.1) is 7.11 Å². The van der Waals surface area contributed by atoms with Crippen LogP contribution in [0.4, 0.5) is 0 Å². The average Bonchev–Trinajstić information content (AvgIpc) is 3.30. The largest absolute Gasteiger partial charge is 0.495 e. The molecule has 2 N–H and O–H groups in total. The monoisotopic (exact) mass is 582 g/mol. The number of carbonyl (C=O) groups is 3. The van der Waals surface area contributed by atoms with E-state index >= 15 is 0 Å². The molecule has 1 aliphatic carbocycles. The van der Waals surface area contributed by atoms with Crippen LogP contribution < -0.4 is 10.1 Å². The number of carboxylic acids is 1. The molecule has 10 heteroatoms. The molecule has 4 aromatic carbocycles. The standard InChI is InChI=1S/C32H26N2O7S/c1-41-26-11-4-5-12-27(26)42(39,40)34-16-15-19-13-14-20(17-21(19)18-34)29(32(37)38)33-31(36)25-10-6-9-24-28(25)22-7-2-3-8-23(22)30(24)35/h2-14,17,29H,15-16,18H2,1H3,(H,33,36)(H,37,38). The molecule has 6 rings (SSSR count). The number of carbonyl (C=O) groups excluding carboxylic acids is 2. The molecule has 0 saturated carbocycles. The molecule has 1 amide bonds. The highest BCUT2D eigenvalue weighted by molar-refractivity contribution is 7.89. The third kappa shape index (κ3) is 4.54. The number of ether oxygens (including phenoxy) is 1. The number of fused-ring (bicyclic) bond motifs is 4. The summed E-state index contributed by atoms with van der Waals surface area (Å²) in [5, 5.41) is 12.7. The second-order valence-electron chi connectivity index (χ2n) is 10.1. The van der Waals surface area contributed by atoms with Crippen molar-refractivity contribution in [3.05, 3.63) is 118 Å². The molecular weight excluding hydrogens is 556 g/mol. The number of amides is 1. The number of nitrogens with zero attached hydrogens (tertiary/aromatic N) is 1. The first-order valence-electron chi connectivity index (χ1n) is 13.3. The van der Waals surface area contributed by atoms with Crippen LogP contribution in [0.2, 0.25) is 0 Å². The quantitative estimate of drug-likeness (QED) is 0.294. The van der Waals surface area contributed by atoms with Crippen molar-refractivity contribution in [1.82, 2.24) is 9.62 Å². The van der Waals surface area contributed by atoms with Crippen LogP contribution in [-0.4, -0.2) is 49.1 Å². The fourth-order valence-corrected chi connectivity index (χ4v) is 7.24. The number of ketones is 1. The third-order valence-electron chi connectivity index (χ3n) is 7.74. The summed E-state index contributed by atoms with van der Waals surface area (Å²) in [6.45, 7) is 0.292. The summed E-state index contributed by atoms with van der Waals surface area (Å²) in [6, 6.07) is 21.8. The van der Waals surface area contributed by atoms with Gasteiger partial charge >= 0.3 is 5.97 Å². The van der Waals surface area contributed by atoms with Crippen molar-refractivity contribution in [1.29, 1.82) is 0 Å². The topological polar surface area (TPSA) is 130 Å². The van der Waals surface area contributed by atoms with Gasteiger partial charge in [0, 0.05) is 35.3 Å². The molecule has 0 aromatic heterocycles. The molecule has 4 aromatic rings. The molecular formula is C32H26N2O7S. The molecule has 0 radical (unpaired) electrons. The zero-order chi connectivity index (χ0) is 29.6. The van der Waals surface area contributed by atoms with Crippen molar-refractivity contribution < 1.29 is 32.6 Å². The van der Waals surface area contributed by atoms with E-state index in [1.54, 1.807) is 78.9 Å². The second kappa shape index (κ2) is 10.6. The van der Waals surface area contributed by atoms with Crippen LogP contribution in [0.25, 0.3) is 11.1 Å². The molecule has 0 saturated heterocycles. The summed E-state index contributed by atoms with van der Waals surface area (Å²) in [5.41, 5.74) is 4.03. The highest BCUT2D eigenvalue weighted by Crippen LogP contribution is 2.39. The van der Waals surface area contributed by atoms with E-state index in [-0.39, 0.29) is 35.1 Å². The normalized spacial score (nSPS) is 14.8. The van der Waals surface area contributed by atoms with Gasteiger partial charge in [-0.25, -0.2) is 13.2 Å². The van der Waals surface area contributed by atoms with Gasteiger partial charge < -0.3 is 15.2 Å². The van der Waals surface area contributed by atoms with Crippen LogP contribution in [0, 0.1) is 0 Å². The molecule has 42 heavy (non-hydrogen) atoms. The summed E-state index contributed by atoms with van der Waals surface area (Å²) in [4.78, 5) is 38.9. The maximum absolute atomic E-state index is 13.5. The first-order chi connectivity index (χ1) is 20.2. The smallest absolute Gasteiger partial charge is 0.330 e. The number of nitrogens with one attached hydrogen (secondary N) is 1. The lowest BCUT2D eigenvalue weighted by Crippen LogP contribution is -2.37. The number of aliphatic carboxylic acids is 1. The van der Waals surface area contributed by atoms with Crippen molar-refractivity contribution in [3.63, 3.8) is 0 Å². The number of carboxylic acid groups (broad SMARTS) is 1. The summed E-state index contributed by atoms with van der Waals surface area (Å²) in [6.07, 6.45) is 0.442. The average molecular weight is 583 g/mol. The van der Waals surface area contributed by atoms with E-state index in [0.717, 1.165) is 5.56 Å². The van der Waals surface area contributed by atoms with Crippen LogP contribution in [0.15, 0.2) is 89.8 Å². The number of benzene rings is 4. The Hall–Kier alpha value is -4.80. The minimum absolute atomic E-state index is 0.0366. The van der Waals surface area contributed by atoms with E-state index in [9.17, 15) is 27.9 Å². The van der Waals surface area contributed by atoms with Crippen LogP contribution in [0.3, 0.4) is 0 Å². The van der Waals surface area contributed by atoms with E-state index in [1.807, 2.05) is 0 Å². The predicted molar refractivity (Wildman–Crippen MR) is 154 cm³/mol.